The van der Waals surface area contributed by atoms with Gasteiger partial charge >= 0.3 is 0 Å². The Morgan fingerprint density at radius 2 is 2.00 bits per heavy atom. The number of hydrogen-bond donors (Lipinski definition) is 2. The number of carbonyl (C=O) groups excluding carboxylic acids is 1. The molecule has 0 bridgehead atoms. The van der Waals surface area contributed by atoms with Gasteiger partial charge in [0, 0.05) is 17.6 Å². The predicted octanol–water partition coefficient (Wildman–Crippen LogP) is 3.36. The highest BCUT2D eigenvalue weighted by atomic mass is 32.1. The Labute approximate surface area is 116 Å². The van der Waals surface area contributed by atoms with Crippen LogP contribution in [0.4, 0.5) is 10.8 Å². The van der Waals surface area contributed by atoms with Gasteiger partial charge in [0.1, 0.15) is 0 Å². The summed E-state index contributed by atoms with van der Waals surface area (Å²) in [5, 5.41) is 6.53. The third-order valence-electron chi connectivity index (χ3n) is 2.94. The van der Waals surface area contributed by atoms with Crippen molar-refractivity contribution in [2.75, 3.05) is 17.7 Å². The normalized spacial score (nSPS) is 10.3. The molecule has 0 aliphatic rings. The van der Waals surface area contributed by atoms with Crippen molar-refractivity contribution >= 4 is 28.1 Å². The second-order valence-electron chi connectivity index (χ2n) is 4.41. The molecule has 0 atom stereocenters. The molecule has 0 fully saturated rings. The highest BCUT2D eigenvalue weighted by Gasteiger charge is 2.13. The van der Waals surface area contributed by atoms with Crippen LogP contribution in [0, 0.1) is 20.8 Å². The van der Waals surface area contributed by atoms with Crippen molar-refractivity contribution in [1.29, 1.82) is 0 Å². The summed E-state index contributed by atoms with van der Waals surface area (Å²) >= 11 is 1.49. The average Bonchev–Trinajstić information content (AvgIpc) is 2.67. The van der Waals surface area contributed by atoms with Crippen LogP contribution < -0.4 is 10.6 Å². The third-order valence-corrected chi connectivity index (χ3v) is 3.93. The van der Waals surface area contributed by atoms with Crippen LogP contribution in [0.1, 0.15) is 26.5 Å². The van der Waals surface area contributed by atoms with Gasteiger partial charge in [-0.3, -0.25) is 10.1 Å². The fraction of sp³-hybridized carbons (Fsp3) is 0.286. The van der Waals surface area contributed by atoms with Crippen LogP contribution in [-0.2, 0) is 0 Å². The number of nitrogens with zero attached hydrogens (tertiary/aromatic N) is 1. The largest absolute Gasteiger partial charge is 0.387 e. The Hall–Kier alpha value is -1.88. The molecular formula is C14H17N3OS. The first kappa shape index (κ1) is 13.5. The van der Waals surface area contributed by atoms with Crippen LogP contribution in [0.2, 0.25) is 0 Å². The molecule has 100 valence electrons. The van der Waals surface area contributed by atoms with Crippen molar-refractivity contribution < 1.29 is 4.79 Å². The van der Waals surface area contributed by atoms with E-state index in [2.05, 4.69) is 15.6 Å². The smallest absolute Gasteiger partial charge is 0.259 e. The van der Waals surface area contributed by atoms with E-state index < -0.39 is 0 Å². The molecule has 1 amide bonds. The molecule has 2 N–H and O–H groups in total. The quantitative estimate of drug-likeness (QED) is 0.903. The summed E-state index contributed by atoms with van der Waals surface area (Å²) in [6.45, 7) is 5.93. The molecule has 2 rings (SSSR count). The van der Waals surface area contributed by atoms with Crippen LogP contribution in [0.5, 0.6) is 0 Å². The number of amides is 1. The van der Waals surface area contributed by atoms with E-state index in [1.54, 1.807) is 0 Å². The van der Waals surface area contributed by atoms with Crippen LogP contribution in [0.15, 0.2) is 18.2 Å². The number of carbonyl (C=O) groups is 1. The Morgan fingerprint density at radius 1 is 1.26 bits per heavy atom. The van der Waals surface area contributed by atoms with Gasteiger partial charge in [-0.15, -0.1) is 11.3 Å². The van der Waals surface area contributed by atoms with E-state index in [1.165, 1.54) is 11.3 Å². The predicted molar refractivity (Wildman–Crippen MR) is 80.3 cm³/mol. The number of anilines is 2. The zero-order valence-electron chi connectivity index (χ0n) is 11.5. The Morgan fingerprint density at radius 3 is 2.58 bits per heavy atom. The van der Waals surface area contributed by atoms with E-state index in [0.29, 0.717) is 10.7 Å². The summed E-state index contributed by atoms with van der Waals surface area (Å²) in [4.78, 5) is 17.7. The molecule has 0 radical (unpaired) electrons. The van der Waals surface area contributed by atoms with Gasteiger partial charge in [0.15, 0.2) is 5.13 Å². The molecule has 0 saturated heterocycles. The summed E-state index contributed by atoms with van der Waals surface area (Å²) in [6, 6.07) is 5.70. The van der Waals surface area contributed by atoms with E-state index in [1.807, 2.05) is 46.0 Å². The molecule has 0 aliphatic heterocycles. The lowest BCUT2D eigenvalue weighted by molar-refractivity contribution is 0.102. The molecule has 1 heterocycles. The Balaban J connectivity index is 2.24. The number of aryl methyl sites for hydroxylation is 3. The number of nitrogens with one attached hydrogen (secondary N) is 2. The minimum Gasteiger partial charge on any atom is -0.387 e. The van der Waals surface area contributed by atoms with Gasteiger partial charge < -0.3 is 5.32 Å². The minimum absolute atomic E-state index is 0.141. The first-order valence-corrected chi connectivity index (χ1v) is 6.86. The Kier molecular flexibility index (Phi) is 3.85. The molecular weight excluding hydrogens is 258 g/mol. The van der Waals surface area contributed by atoms with Crippen LogP contribution in [0.25, 0.3) is 0 Å². The van der Waals surface area contributed by atoms with E-state index in [4.69, 9.17) is 0 Å². The second-order valence-corrected chi connectivity index (χ2v) is 5.62. The molecule has 1 aromatic carbocycles. The van der Waals surface area contributed by atoms with Crippen molar-refractivity contribution in [3.8, 4) is 0 Å². The second kappa shape index (κ2) is 5.40. The van der Waals surface area contributed by atoms with E-state index in [0.717, 1.165) is 21.8 Å². The summed E-state index contributed by atoms with van der Waals surface area (Å²) in [5.41, 5.74) is 3.51. The number of aromatic nitrogens is 1. The Bertz CT molecular complexity index is 600. The molecule has 1 aromatic heterocycles. The van der Waals surface area contributed by atoms with Gasteiger partial charge in [0.05, 0.1) is 11.3 Å². The summed E-state index contributed by atoms with van der Waals surface area (Å²) in [5.74, 6) is -0.141. The van der Waals surface area contributed by atoms with Crippen LogP contribution in [-0.4, -0.2) is 17.9 Å². The fourth-order valence-corrected chi connectivity index (χ4v) is 2.56. The zero-order valence-corrected chi connectivity index (χ0v) is 12.3. The van der Waals surface area contributed by atoms with Gasteiger partial charge in [-0.2, -0.15) is 0 Å². The van der Waals surface area contributed by atoms with Crippen molar-refractivity contribution in [2.45, 2.75) is 20.8 Å². The molecule has 5 heteroatoms. The van der Waals surface area contributed by atoms with Gasteiger partial charge in [-0.1, -0.05) is 6.07 Å². The number of rotatable bonds is 3. The van der Waals surface area contributed by atoms with Crippen molar-refractivity contribution in [3.05, 3.63) is 39.9 Å². The van der Waals surface area contributed by atoms with Gasteiger partial charge in [-0.05, 0) is 38.5 Å². The first-order valence-electron chi connectivity index (χ1n) is 6.05. The maximum Gasteiger partial charge on any atom is 0.259 e. The number of hydrogen-bond acceptors (Lipinski definition) is 4. The number of benzene rings is 1. The fourth-order valence-electron chi connectivity index (χ4n) is 1.75. The summed E-state index contributed by atoms with van der Waals surface area (Å²) < 4.78 is 0. The molecule has 0 unspecified atom stereocenters. The molecule has 0 aliphatic carbocycles. The van der Waals surface area contributed by atoms with E-state index in [-0.39, 0.29) is 5.91 Å². The lowest BCUT2D eigenvalue weighted by Crippen LogP contribution is -2.14. The lowest BCUT2D eigenvalue weighted by Gasteiger charge is -2.09. The highest BCUT2D eigenvalue weighted by molar-refractivity contribution is 7.15. The molecule has 4 nitrogen and oxygen atoms in total. The van der Waals surface area contributed by atoms with E-state index in [9.17, 15) is 4.79 Å². The molecule has 19 heavy (non-hydrogen) atoms. The topological polar surface area (TPSA) is 54.0 Å². The van der Waals surface area contributed by atoms with Crippen molar-refractivity contribution in [2.24, 2.45) is 0 Å². The maximum atomic E-state index is 12.2. The van der Waals surface area contributed by atoms with Crippen LogP contribution >= 0.6 is 11.3 Å². The summed E-state index contributed by atoms with van der Waals surface area (Å²) in [6.07, 6.45) is 0. The van der Waals surface area contributed by atoms with E-state index >= 15 is 0 Å². The maximum absolute atomic E-state index is 12.2. The first-order chi connectivity index (χ1) is 9.01. The third kappa shape index (κ3) is 2.93. The van der Waals surface area contributed by atoms with Gasteiger partial charge in [0.25, 0.3) is 5.91 Å². The molecule has 0 saturated carbocycles. The van der Waals surface area contributed by atoms with Crippen molar-refractivity contribution in [3.63, 3.8) is 0 Å². The zero-order chi connectivity index (χ0) is 14.0. The molecule has 0 spiro atoms. The molecule has 2 aromatic rings. The van der Waals surface area contributed by atoms with Crippen LogP contribution in [0.3, 0.4) is 0 Å². The highest BCUT2D eigenvalue weighted by Crippen LogP contribution is 2.23. The van der Waals surface area contributed by atoms with Gasteiger partial charge in [0.2, 0.25) is 0 Å². The monoisotopic (exact) mass is 275 g/mol. The summed E-state index contributed by atoms with van der Waals surface area (Å²) in [7, 11) is 1.81. The number of thiazole rings is 1. The minimum atomic E-state index is -0.141. The van der Waals surface area contributed by atoms with Gasteiger partial charge in [-0.25, -0.2) is 4.98 Å². The van der Waals surface area contributed by atoms with Crippen molar-refractivity contribution in [1.82, 2.24) is 4.98 Å². The SMILES string of the molecule is CNc1cc(C)ccc1C(=O)Nc1nc(C)c(C)s1. The lowest BCUT2D eigenvalue weighted by atomic mass is 10.1. The average molecular weight is 275 g/mol. The standard InChI is InChI=1S/C14H17N3OS/c1-8-5-6-11(12(7-8)15-4)13(18)17-14-16-9(2)10(3)19-14/h5-7,15H,1-4H3,(H,16,17,18).